The van der Waals surface area contributed by atoms with Crippen LogP contribution in [0.1, 0.15) is 34.3 Å². The number of amides is 2. The van der Waals surface area contributed by atoms with Crippen molar-refractivity contribution in [2.75, 3.05) is 13.2 Å². The molecule has 0 saturated carbocycles. The van der Waals surface area contributed by atoms with Gasteiger partial charge in [0.25, 0.3) is 11.8 Å². The highest BCUT2D eigenvalue weighted by Gasteiger charge is 2.18. The molecule has 1 aliphatic heterocycles. The molecule has 5 heteroatoms. The summed E-state index contributed by atoms with van der Waals surface area (Å²) in [5.74, 6) is -0.657. The Kier molecular flexibility index (Phi) is 7.36. The fraction of sp³-hybridized carbons (Fsp3) is 0.250. The summed E-state index contributed by atoms with van der Waals surface area (Å²) in [6, 6.07) is 17.0. The van der Waals surface area contributed by atoms with Gasteiger partial charge in [0.2, 0.25) is 0 Å². The summed E-state index contributed by atoms with van der Waals surface area (Å²) in [5, 5.41) is 5.59. The van der Waals surface area contributed by atoms with E-state index in [4.69, 9.17) is 4.74 Å². The lowest BCUT2D eigenvalue weighted by molar-refractivity contribution is -0.118. The van der Waals surface area contributed by atoms with Gasteiger partial charge in [0.05, 0.1) is 6.10 Å². The molecule has 5 nitrogen and oxygen atoms in total. The molecule has 1 unspecified atom stereocenters. The van der Waals surface area contributed by atoms with Crippen LogP contribution in [0.3, 0.4) is 0 Å². The zero-order valence-corrected chi connectivity index (χ0v) is 16.6. The lowest BCUT2D eigenvalue weighted by Crippen LogP contribution is -2.38. The van der Waals surface area contributed by atoms with Crippen molar-refractivity contribution in [2.24, 2.45) is 0 Å². The Morgan fingerprint density at radius 3 is 2.55 bits per heavy atom. The number of ether oxygens (including phenoxy) is 1. The minimum Gasteiger partial charge on any atom is -0.376 e. The number of benzene rings is 2. The lowest BCUT2D eigenvalue weighted by atomic mass is 10.1. The molecule has 0 bridgehead atoms. The van der Waals surface area contributed by atoms with E-state index in [1.165, 1.54) is 0 Å². The molecule has 2 aromatic rings. The molecule has 1 saturated heterocycles. The quantitative estimate of drug-likeness (QED) is 0.561. The fourth-order valence-electron chi connectivity index (χ4n) is 3.00. The van der Waals surface area contributed by atoms with Gasteiger partial charge in [-0.1, -0.05) is 60.2 Å². The van der Waals surface area contributed by atoms with Gasteiger partial charge in [-0.25, -0.2) is 0 Å². The minimum absolute atomic E-state index is 0.0351. The van der Waals surface area contributed by atoms with E-state index in [1.807, 2.05) is 55.5 Å². The van der Waals surface area contributed by atoms with Crippen LogP contribution in [0.15, 0.2) is 72.4 Å². The van der Waals surface area contributed by atoms with Gasteiger partial charge in [-0.15, -0.1) is 0 Å². The number of hydrogen-bond acceptors (Lipinski definition) is 3. The largest absolute Gasteiger partial charge is 0.376 e. The highest BCUT2D eigenvalue weighted by molar-refractivity contribution is 6.03. The van der Waals surface area contributed by atoms with Crippen LogP contribution in [0.5, 0.6) is 0 Å². The van der Waals surface area contributed by atoms with E-state index in [2.05, 4.69) is 10.6 Å². The second-order valence-electron chi connectivity index (χ2n) is 7.02. The third-order valence-corrected chi connectivity index (χ3v) is 4.67. The topological polar surface area (TPSA) is 67.4 Å². The molecule has 1 atom stereocenters. The van der Waals surface area contributed by atoms with E-state index in [9.17, 15) is 9.59 Å². The molecule has 150 valence electrons. The van der Waals surface area contributed by atoms with E-state index in [0.29, 0.717) is 12.1 Å². The molecule has 1 heterocycles. The summed E-state index contributed by atoms with van der Waals surface area (Å²) < 4.78 is 5.55. The predicted octanol–water partition coefficient (Wildman–Crippen LogP) is 3.62. The molecule has 2 amide bonds. The Hall–Kier alpha value is -3.18. The van der Waals surface area contributed by atoms with E-state index in [0.717, 1.165) is 30.6 Å². The van der Waals surface area contributed by atoms with Crippen LogP contribution in [0.25, 0.3) is 6.08 Å². The molecule has 1 fully saturated rings. The standard InChI is InChI=1S/C24H26N2O3/c1-18-12-14-20(15-13-18)23(27)26-22(11-5-9-19-7-3-2-4-8-19)24(28)25-17-21-10-6-16-29-21/h2-5,7-9,11-15,21H,6,10,16-17H2,1H3,(H,25,28)(H,26,27)/b9-5+,22-11-. The van der Waals surface area contributed by atoms with Gasteiger partial charge in [0, 0.05) is 18.7 Å². The van der Waals surface area contributed by atoms with Crippen molar-refractivity contribution < 1.29 is 14.3 Å². The Morgan fingerprint density at radius 2 is 1.86 bits per heavy atom. The number of carbonyl (C=O) groups is 2. The summed E-state index contributed by atoms with van der Waals surface area (Å²) in [6.45, 7) is 3.12. The van der Waals surface area contributed by atoms with Crippen molar-refractivity contribution in [3.8, 4) is 0 Å². The Balaban J connectivity index is 1.71. The smallest absolute Gasteiger partial charge is 0.267 e. The molecule has 0 radical (unpaired) electrons. The number of nitrogens with one attached hydrogen (secondary N) is 2. The van der Waals surface area contributed by atoms with Gasteiger partial charge in [-0.05, 0) is 43.5 Å². The van der Waals surface area contributed by atoms with Gasteiger partial charge in [-0.3, -0.25) is 9.59 Å². The second kappa shape index (κ2) is 10.4. The van der Waals surface area contributed by atoms with Gasteiger partial charge in [0.1, 0.15) is 5.70 Å². The first-order valence-corrected chi connectivity index (χ1v) is 9.83. The molecule has 2 aromatic carbocycles. The molecule has 3 rings (SSSR count). The normalized spacial score (nSPS) is 16.7. The van der Waals surface area contributed by atoms with Crippen molar-refractivity contribution in [1.29, 1.82) is 0 Å². The molecule has 0 aliphatic carbocycles. The summed E-state index contributed by atoms with van der Waals surface area (Å²) in [7, 11) is 0. The highest BCUT2D eigenvalue weighted by atomic mass is 16.5. The van der Waals surface area contributed by atoms with Crippen LogP contribution in [0.4, 0.5) is 0 Å². The third-order valence-electron chi connectivity index (χ3n) is 4.67. The van der Waals surface area contributed by atoms with Crippen LogP contribution in [0, 0.1) is 6.92 Å². The van der Waals surface area contributed by atoms with Crippen molar-refractivity contribution in [2.45, 2.75) is 25.9 Å². The van der Waals surface area contributed by atoms with Crippen LogP contribution < -0.4 is 10.6 Å². The van der Waals surface area contributed by atoms with E-state index >= 15 is 0 Å². The average molecular weight is 390 g/mol. The van der Waals surface area contributed by atoms with E-state index in [1.54, 1.807) is 24.3 Å². The van der Waals surface area contributed by atoms with Crippen molar-refractivity contribution >= 4 is 17.9 Å². The first kappa shape index (κ1) is 20.6. The van der Waals surface area contributed by atoms with Crippen LogP contribution >= 0.6 is 0 Å². The number of allylic oxidation sites excluding steroid dienone is 2. The summed E-state index contributed by atoms with van der Waals surface area (Å²) in [4.78, 5) is 25.3. The molecule has 0 aromatic heterocycles. The predicted molar refractivity (Wildman–Crippen MR) is 114 cm³/mol. The molecular formula is C24H26N2O3. The monoisotopic (exact) mass is 390 g/mol. The van der Waals surface area contributed by atoms with E-state index in [-0.39, 0.29) is 23.6 Å². The second-order valence-corrected chi connectivity index (χ2v) is 7.02. The highest BCUT2D eigenvalue weighted by Crippen LogP contribution is 2.11. The zero-order valence-electron chi connectivity index (χ0n) is 16.6. The van der Waals surface area contributed by atoms with Crippen molar-refractivity contribution in [3.05, 3.63) is 89.1 Å². The first-order valence-electron chi connectivity index (χ1n) is 9.83. The maximum atomic E-state index is 12.7. The molecule has 2 N–H and O–H groups in total. The molecule has 0 spiro atoms. The Bertz CT molecular complexity index is 880. The molecular weight excluding hydrogens is 364 g/mol. The van der Waals surface area contributed by atoms with E-state index < -0.39 is 0 Å². The SMILES string of the molecule is Cc1ccc(C(=O)N/C(=C\C=C\c2ccccc2)C(=O)NCC2CCCO2)cc1. The molecule has 1 aliphatic rings. The van der Waals surface area contributed by atoms with Gasteiger partial charge < -0.3 is 15.4 Å². The summed E-state index contributed by atoms with van der Waals surface area (Å²) in [6.07, 6.45) is 7.23. The number of aryl methyl sites for hydroxylation is 1. The minimum atomic E-state index is -0.335. The van der Waals surface area contributed by atoms with Crippen molar-refractivity contribution in [3.63, 3.8) is 0 Å². The van der Waals surface area contributed by atoms with Crippen molar-refractivity contribution in [1.82, 2.24) is 10.6 Å². The van der Waals surface area contributed by atoms with Crippen LogP contribution in [0.2, 0.25) is 0 Å². The van der Waals surface area contributed by atoms with Gasteiger partial charge >= 0.3 is 0 Å². The fourth-order valence-corrected chi connectivity index (χ4v) is 3.00. The zero-order chi connectivity index (χ0) is 20.5. The summed E-state index contributed by atoms with van der Waals surface area (Å²) >= 11 is 0. The van der Waals surface area contributed by atoms with Gasteiger partial charge in [0.15, 0.2) is 0 Å². The maximum absolute atomic E-state index is 12.7. The maximum Gasteiger partial charge on any atom is 0.267 e. The summed E-state index contributed by atoms with van der Waals surface area (Å²) in [5.41, 5.74) is 2.77. The van der Waals surface area contributed by atoms with Crippen LogP contribution in [-0.4, -0.2) is 31.1 Å². The Morgan fingerprint density at radius 1 is 1.10 bits per heavy atom. The average Bonchev–Trinajstić information content (AvgIpc) is 3.26. The number of hydrogen-bond donors (Lipinski definition) is 2. The number of rotatable bonds is 7. The number of carbonyl (C=O) groups excluding carboxylic acids is 2. The third kappa shape index (κ3) is 6.43. The Labute approximate surface area is 171 Å². The first-order chi connectivity index (χ1) is 14.1. The van der Waals surface area contributed by atoms with Gasteiger partial charge in [-0.2, -0.15) is 0 Å². The van der Waals surface area contributed by atoms with Crippen LogP contribution in [-0.2, 0) is 9.53 Å². The lowest BCUT2D eigenvalue weighted by Gasteiger charge is -2.13. The molecule has 29 heavy (non-hydrogen) atoms.